The number of nitrogen functional groups attached to an aromatic ring is 1. The second-order valence-electron chi connectivity index (χ2n) is 4.02. The Balaban J connectivity index is 2.11. The van der Waals surface area contributed by atoms with Gasteiger partial charge in [0, 0.05) is 0 Å². The zero-order chi connectivity index (χ0) is 14.2. The molecule has 7 N–H and O–H groups in total. The Bertz CT molecular complexity index is 477. The number of carbonyl (C=O) groups is 1. The summed E-state index contributed by atoms with van der Waals surface area (Å²) in [4.78, 5) is 19.7. The van der Waals surface area contributed by atoms with Crippen molar-refractivity contribution >= 4 is 11.7 Å². The zero-order valence-electron chi connectivity index (χ0n) is 9.71. The number of rotatable bonds is 3. The molecule has 0 radical (unpaired) electrons. The molecule has 2 heterocycles. The van der Waals surface area contributed by atoms with Gasteiger partial charge in [0.15, 0.2) is 11.5 Å². The molecule has 1 aromatic rings. The van der Waals surface area contributed by atoms with Crippen LogP contribution < -0.4 is 16.3 Å². The van der Waals surface area contributed by atoms with E-state index in [4.69, 9.17) is 21.0 Å². The smallest absolute Gasteiger partial charge is 0.271 e. The predicted octanol–water partition coefficient (Wildman–Crippen LogP) is -3.57. The number of aliphatic hydroxyl groups is 3. The van der Waals surface area contributed by atoms with Gasteiger partial charge in [-0.2, -0.15) is 4.73 Å². The van der Waals surface area contributed by atoms with Gasteiger partial charge in [0.25, 0.3) is 12.2 Å². The summed E-state index contributed by atoms with van der Waals surface area (Å²) in [5.41, 5.74) is 10.4. The van der Waals surface area contributed by atoms with Crippen molar-refractivity contribution in [1.82, 2.24) is 9.71 Å². The summed E-state index contributed by atoms with van der Waals surface area (Å²) in [5, 5.41) is 28.4. The molecule has 2 rings (SSSR count). The predicted molar refractivity (Wildman–Crippen MR) is 59.5 cm³/mol. The molecule has 0 saturated carbocycles. The van der Waals surface area contributed by atoms with E-state index < -0.39 is 30.5 Å². The highest BCUT2D eigenvalue weighted by Gasteiger charge is 2.39. The monoisotopic (exact) mass is 274 g/mol. The Morgan fingerprint density at radius 3 is 2.74 bits per heavy atom. The number of hydrogen-bond donors (Lipinski definition) is 5. The lowest BCUT2D eigenvalue weighted by Gasteiger charge is -2.34. The number of ether oxygens (including phenoxy) is 1. The second kappa shape index (κ2) is 5.01. The van der Waals surface area contributed by atoms with Crippen molar-refractivity contribution in [2.75, 3.05) is 12.3 Å². The van der Waals surface area contributed by atoms with Gasteiger partial charge in [-0.3, -0.25) is 4.79 Å². The highest BCUT2D eigenvalue weighted by atomic mass is 16.8. The van der Waals surface area contributed by atoms with Crippen LogP contribution in [0.5, 0.6) is 0 Å². The summed E-state index contributed by atoms with van der Waals surface area (Å²) in [6, 6.07) is 0. The molecule has 1 aliphatic rings. The first-order valence-electron chi connectivity index (χ1n) is 5.37. The number of carbonyl (C=O) groups excluding carboxylic acids is 1. The van der Waals surface area contributed by atoms with Crippen molar-refractivity contribution in [2.24, 2.45) is 5.73 Å². The summed E-state index contributed by atoms with van der Waals surface area (Å²) in [5.74, 6) is -0.996. The summed E-state index contributed by atoms with van der Waals surface area (Å²) < 4.78 is 5.89. The maximum atomic E-state index is 10.9. The number of amides is 1. The molecule has 0 bridgehead atoms. The van der Waals surface area contributed by atoms with Crippen LogP contribution in [0.15, 0.2) is 6.33 Å². The number of nitrogens with two attached hydrogens (primary N) is 2. The van der Waals surface area contributed by atoms with Crippen molar-refractivity contribution in [3.8, 4) is 0 Å². The van der Waals surface area contributed by atoms with Crippen LogP contribution >= 0.6 is 0 Å². The Hall–Kier alpha value is -1.88. The van der Waals surface area contributed by atoms with Crippen LogP contribution in [0.1, 0.15) is 10.5 Å². The number of hydrogen-bond acceptors (Lipinski definition) is 8. The average Bonchev–Trinajstić information content (AvgIpc) is 2.72. The van der Waals surface area contributed by atoms with Crippen molar-refractivity contribution < 1.29 is 29.7 Å². The fourth-order valence-corrected chi connectivity index (χ4v) is 1.60. The Morgan fingerprint density at radius 2 is 2.16 bits per heavy atom. The second-order valence-corrected chi connectivity index (χ2v) is 4.02. The van der Waals surface area contributed by atoms with Crippen molar-refractivity contribution in [3.05, 3.63) is 12.0 Å². The van der Waals surface area contributed by atoms with Gasteiger partial charge in [-0.1, -0.05) is 0 Å². The molecule has 106 valence electrons. The number of imidazole rings is 1. The van der Waals surface area contributed by atoms with Crippen LogP contribution in [0, 0.1) is 0 Å². The van der Waals surface area contributed by atoms with Crippen LogP contribution in [0.3, 0.4) is 0 Å². The molecule has 0 aromatic carbocycles. The molecule has 19 heavy (non-hydrogen) atoms. The fraction of sp³-hybridized carbons (Fsp3) is 0.556. The third kappa shape index (κ3) is 2.46. The SMILES string of the molecule is NC(=O)c1ncn(O[C@@H]2OC[C@@H](O)[C@@H](O)[C@H]2O)c1N. The van der Waals surface area contributed by atoms with E-state index in [1.54, 1.807) is 0 Å². The maximum Gasteiger partial charge on any atom is 0.271 e. The van der Waals surface area contributed by atoms with Gasteiger partial charge in [-0.15, -0.1) is 0 Å². The van der Waals surface area contributed by atoms with Crippen LogP contribution in [-0.2, 0) is 4.74 Å². The standard InChI is InChI=1S/C9H14N4O6/c10-7-4(8(11)17)12-2-13(7)19-9-6(16)5(15)3(14)1-18-9/h2-3,5-6,9,14-16H,1,10H2,(H2,11,17)/t3-,5-,6-,9+/m1/s1. The van der Waals surface area contributed by atoms with Crippen LogP contribution in [0.2, 0.25) is 0 Å². The number of nitrogens with zero attached hydrogens (tertiary/aromatic N) is 2. The van der Waals surface area contributed by atoms with E-state index in [1.807, 2.05) is 0 Å². The summed E-state index contributed by atoms with van der Waals surface area (Å²) >= 11 is 0. The lowest BCUT2D eigenvalue weighted by atomic mass is 10.1. The van der Waals surface area contributed by atoms with Gasteiger partial charge >= 0.3 is 0 Å². The number of aromatic nitrogens is 2. The van der Waals surface area contributed by atoms with E-state index >= 15 is 0 Å². The number of aliphatic hydroxyl groups excluding tert-OH is 3. The van der Waals surface area contributed by atoms with Gasteiger partial charge < -0.3 is 36.4 Å². The Kier molecular flexibility index (Phi) is 3.57. The molecule has 4 atom stereocenters. The van der Waals surface area contributed by atoms with E-state index in [0.717, 1.165) is 11.1 Å². The zero-order valence-corrected chi connectivity index (χ0v) is 9.71. The molecule has 10 nitrogen and oxygen atoms in total. The van der Waals surface area contributed by atoms with E-state index in [0.29, 0.717) is 0 Å². The first kappa shape index (κ1) is 13.5. The minimum Gasteiger partial charge on any atom is -0.388 e. The topological polar surface area (TPSA) is 166 Å². The lowest BCUT2D eigenvalue weighted by Crippen LogP contribution is -2.56. The molecule has 1 amide bonds. The minimum absolute atomic E-state index is 0.163. The van der Waals surface area contributed by atoms with Crippen LogP contribution in [-0.4, -0.2) is 62.1 Å². The van der Waals surface area contributed by atoms with Crippen LogP contribution in [0.25, 0.3) is 0 Å². The molecule has 1 fully saturated rings. The molecule has 1 aliphatic heterocycles. The molecule has 0 aliphatic carbocycles. The normalized spacial score (nSPS) is 31.1. The van der Waals surface area contributed by atoms with Gasteiger partial charge in [-0.25, -0.2) is 4.98 Å². The quantitative estimate of drug-likeness (QED) is 0.377. The van der Waals surface area contributed by atoms with Crippen LogP contribution in [0.4, 0.5) is 5.82 Å². The minimum atomic E-state index is -1.48. The molecule has 1 saturated heterocycles. The van der Waals surface area contributed by atoms with Gasteiger partial charge in [0.1, 0.15) is 24.6 Å². The average molecular weight is 274 g/mol. The molecular formula is C9H14N4O6. The van der Waals surface area contributed by atoms with Crippen molar-refractivity contribution in [3.63, 3.8) is 0 Å². The van der Waals surface area contributed by atoms with E-state index in [2.05, 4.69) is 4.98 Å². The maximum absolute atomic E-state index is 10.9. The summed E-state index contributed by atoms with van der Waals surface area (Å²) in [6.07, 6.45) is -4.31. The van der Waals surface area contributed by atoms with E-state index in [9.17, 15) is 20.1 Å². The molecule has 10 heteroatoms. The third-order valence-corrected chi connectivity index (χ3v) is 2.68. The van der Waals surface area contributed by atoms with Gasteiger partial charge in [-0.05, 0) is 0 Å². The Labute approximate surface area is 107 Å². The summed E-state index contributed by atoms with van der Waals surface area (Å²) in [6.45, 7) is -0.222. The third-order valence-electron chi connectivity index (χ3n) is 2.68. The lowest BCUT2D eigenvalue weighted by molar-refractivity contribution is -0.268. The highest BCUT2D eigenvalue weighted by molar-refractivity contribution is 5.95. The molecule has 0 spiro atoms. The first-order valence-corrected chi connectivity index (χ1v) is 5.37. The van der Waals surface area contributed by atoms with Gasteiger partial charge in [0.2, 0.25) is 0 Å². The molecule has 0 unspecified atom stereocenters. The molecule has 1 aromatic heterocycles. The Morgan fingerprint density at radius 1 is 1.47 bits per heavy atom. The largest absolute Gasteiger partial charge is 0.388 e. The van der Waals surface area contributed by atoms with E-state index in [-0.39, 0.29) is 18.1 Å². The molecular weight excluding hydrogens is 260 g/mol. The van der Waals surface area contributed by atoms with Crippen molar-refractivity contribution in [1.29, 1.82) is 0 Å². The van der Waals surface area contributed by atoms with Crippen molar-refractivity contribution in [2.45, 2.75) is 24.6 Å². The first-order chi connectivity index (χ1) is 8.91. The fourth-order valence-electron chi connectivity index (χ4n) is 1.60. The van der Waals surface area contributed by atoms with E-state index in [1.165, 1.54) is 0 Å². The van der Waals surface area contributed by atoms with Gasteiger partial charge in [0.05, 0.1) is 6.61 Å². The summed E-state index contributed by atoms with van der Waals surface area (Å²) in [7, 11) is 0. The number of primary amides is 1. The highest BCUT2D eigenvalue weighted by Crippen LogP contribution is 2.16. The number of anilines is 1.